The van der Waals surface area contributed by atoms with Crippen LogP contribution < -0.4 is 4.90 Å². The molecule has 0 amide bonds. The summed E-state index contributed by atoms with van der Waals surface area (Å²) in [5.74, 6) is 0.0283. The van der Waals surface area contributed by atoms with E-state index in [0.717, 1.165) is 24.4 Å². The third kappa shape index (κ3) is 1.75. The molecule has 0 aromatic carbocycles. The number of hydrogen-bond donors (Lipinski definition) is 1. The Hall–Kier alpha value is -1.65. The van der Waals surface area contributed by atoms with Crippen molar-refractivity contribution in [2.45, 2.75) is 25.7 Å². The average molecular weight is 233 g/mol. The molecule has 0 saturated carbocycles. The lowest BCUT2D eigenvalue weighted by atomic mass is 9.94. The molecular formula is C12H15N3O2. The number of hydrogen-bond acceptors (Lipinski definition) is 4. The van der Waals surface area contributed by atoms with E-state index in [1.165, 1.54) is 18.4 Å². The summed E-state index contributed by atoms with van der Waals surface area (Å²) in [5.41, 5.74) is 2.39. The van der Waals surface area contributed by atoms with Crippen LogP contribution in [0.2, 0.25) is 0 Å². The van der Waals surface area contributed by atoms with E-state index in [1.807, 2.05) is 0 Å². The zero-order valence-corrected chi connectivity index (χ0v) is 9.59. The summed E-state index contributed by atoms with van der Waals surface area (Å²) in [4.78, 5) is 21.5. The van der Waals surface area contributed by atoms with Crippen molar-refractivity contribution in [1.29, 1.82) is 0 Å². The van der Waals surface area contributed by atoms with Crippen molar-refractivity contribution in [3.05, 3.63) is 17.6 Å². The predicted octanol–water partition coefficient (Wildman–Crippen LogP) is 0.876. The van der Waals surface area contributed by atoms with Crippen molar-refractivity contribution in [3.8, 4) is 0 Å². The minimum absolute atomic E-state index is 0.232. The Morgan fingerprint density at radius 3 is 2.82 bits per heavy atom. The van der Waals surface area contributed by atoms with E-state index in [9.17, 15) is 4.79 Å². The molecule has 0 bridgehead atoms. The molecule has 1 aromatic rings. The van der Waals surface area contributed by atoms with E-state index >= 15 is 0 Å². The van der Waals surface area contributed by atoms with Crippen LogP contribution in [0.3, 0.4) is 0 Å². The third-order valence-corrected chi connectivity index (χ3v) is 3.63. The molecule has 2 aliphatic rings. The summed E-state index contributed by atoms with van der Waals surface area (Å²) in [7, 11) is 0. The fraction of sp³-hybridized carbons (Fsp3) is 0.583. The number of aromatic nitrogens is 2. The molecule has 2 heterocycles. The second kappa shape index (κ2) is 3.98. The summed E-state index contributed by atoms with van der Waals surface area (Å²) >= 11 is 0. The number of rotatable bonds is 2. The molecule has 0 unspecified atom stereocenters. The van der Waals surface area contributed by atoms with E-state index in [1.54, 1.807) is 6.33 Å². The van der Waals surface area contributed by atoms with Gasteiger partial charge in [0.15, 0.2) is 0 Å². The smallest absolute Gasteiger partial charge is 0.310 e. The summed E-state index contributed by atoms with van der Waals surface area (Å²) in [6.45, 7) is 1.16. The van der Waals surface area contributed by atoms with Crippen LogP contribution in [0.4, 0.5) is 5.82 Å². The third-order valence-electron chi connectivity index (χ3n) is 3.63. The van der Waals surface area contributed by atoms with Crippen LogP contribution in [0.1, 0.15) is 24.1 Å². The molecule has 17 heavy (non-hydrogen) atoms. The largest absolute Gasteiger partial charge is 0.481 e. The van der Waals surface area contributed by atoms with E-state index < -0.39 is 5.97 Å². The van der Waals surface area contributed by atoms with Crippen molar-refractivity contribution in [2.75, 3.05) is 18.0 Å². The number of carbonyl (C=O) groups is 1. The monoisotopic (exact) mass is 233 g/mol. The molecule has 5 heteroatoms. The van der Waals surface area contributed by atoms with Gasteiger partial charge < -0.3 is 10.0 Å². The Kier molecular flexibility index (Phi) is 2.46. The molecule has 1 aliphatic heterocycles. The van der Waals surface area contributed by atoms with Crippen LogP contribution in [0, 0.1) is 5.92 Å². The molecule has 0 atom stereocenters. The number of nitrogens with zero attached hydrogens (tertiary/aromatic N) is 3. The number of carboxylic acid groups (broad SMARTS) is 1. The standard InChI is InChI=1S/C12H15N3O2/c16-12(17)8-5-15(6-8)11-9-3-1-2-4-10(9)13-7-14-11/h7-8H,1-6H2,(H,16,17). The second-order valence-electron chi connectivity index (χ2n) is 4.77. The molecule has 5 nitrogen and oxygen atoms in total. The van der Waals surface area contributed by atoms with Crippen LogP contribution in [0.15, 0.2) is 6.33 Å². The number of aryl methyl sites for hydroxylation is 1. The van der Waals surface area contributed by atoms with Crippen molar-refractivity contribution in [3.63, 3.8) is 0 Å². The molecule has 3 rings (SSSR count). The van der Waals surface area contributed by atoms with E-state index in [4.69, 9.17) is 5.11 Å². The van der Waals surface area contributed by atoms with Gasteiger partial charge in [0.05, 0.1) is 5.92 Å². The van der Waals surface area contributed by atoms with Crippen LogP contribution in [-0.2, 0) is 17.6 Å². The van der Waals surface area contributed by atoms with E-state index in [2.05, 4.69) is 14.9 Å². The highest BCUT2D eigenvalue weighted by Gasteiger charge is 2.35. The Balaban J connectivity index is 1.82. The molecule has 1 aromatic heterocycles. The second-order valence-corrected chi connectivity index (χ2v) is 4.77. The van der Waals surface area contributed by atoms with Gasteiger partial charge in [0.25, 0.3) is 0 Å². The summed E-state index contributed by atoms with van der Waals surface area (Å²) in [5, 5.41) is 8.88. The highest BCUT2D eigenvalue weighted by Crippen LogP contribution is 2.31. The Morgan fingerprint density at radius 1 is 1.29 bits per heavy atom. The first-order valence-electron chi connectivity index (χ1n) is 6.06. The number of carboxylic acids is 1. The Bertz CT molecular complexity index is 455. The fourth-order valence-electron chi connectivity index (χ4n) is 2.58. The molecule has 1 N–H and O–H groups in total. The quantitative estimate of drug-likeness (QED) is 0.821. The minimum Gasteiger partial charge on any atom is -0.481 e. The first-order chi connectivity index (χ1) is 8.25. The van der Waals surface area contributed by atoms with Crippen LogP contribution in [-0.4, -0.2) is 34.1 Å². The average Bonchev–Trinajstić information content (AvgIpc) is 2.27. The van der Waals surface area contributed by atoms with Gasteiger partial charge in [0.2, 0.25) is 0 Å². The van der Waals surface area contributed by atoms with Gasteiger partial charge in [-0.25, -0.2) is 9.97 Å². The molecular weight excluding hydrogens is 218 g/mol. The highest BCUT2D eigenvalue weighted by atomic mass is 16.4. The lowest BCUT2D eigenvalue weighted by Gasteiger charge is -2.39. The molecule has 0 spiro atoms. The lowest BCUT2D eigenvalue weighted by molar-refractivity contribution is -0.142. The maximum atomic E-state index is 10.8. The molecule has 0 radical (unpaired) electrons. The van der Waals surface area contributed by atoms with Crippen LogP contribution in [0.25, 0.3) is 0 Å². The van der Waals surface area contributed by atoms with Crippen LogP contribution >= 0.6 is 0 Å². The number of anilines is 1. The normalized spacial score (nSPS) is 19.6. The van der Waals surface area contributed by atoms with Gasteiger partial charge in [-0.05, 0) is 25.7 Å². The summed E-state index contributed by atoms with van der Waals surface area (Å²) in [6.07, 6.45) is 6.04. The fourth-order valence-corrected chi connectivity index (χ4v) is 2.58. The highest BCUT2D eigenvalue weighted by molar-refractivity contribution is 5.74. The summed E-state index contributed by atoms with van der Waals surface area (Å²) in [6, 6.07) is 0. The van der Waals surface area contributed by atoms with Gasteiger partial charge in [0.1, 0.15) is 12.1 Å². The Morgan fingerprint density at radius 2 is 2.06 bits per heavy atom. The maximum absolute atomic E-state index is 10.8. The van der Waals surface area contributed by atoms with Gasteiger partial charge in [-0.3, -0.25) is 4.79 Å². The first kappa shape index (κ1) is 10.5. The van der Waals surface area contributed by atoms with Gasteiger partial charge in [-0.15, -0.1) is 0 Å². The summed E-state index contributed by atoms with van der Waals surface area (Å²) < 4.78 is 0. The number of aliphatic carboxylic acids is 1. The molecule has 1 aliphatic carbocycles. The van der Waals surface area contributed by atoms with Gasteiger partial charge in [-0.1, -0.05) is 0 Å². The van der Waals surface area contributed by atoms with Gasteiger partial charge >= 0.3 is 5.97 Å². The zero-order valence-electron chi connectivity index (χ0n) is 9.59. The van der Waals surface area contributed by atoms with E-state index in [-0.39, 0.29) is 5.92 Å². The molecule has 90 valence electrons. The van der Waals surface area contributed by atoms with Crippen LogP contribution in [0.5, 0.6) is 0 Å². The SMILES string of the molecule is O=C(O)C1CN(c2ncnc3c2CCCC3)C1. The van der Waals surface area contributed by atoms with Crippen molar-refractivity contribution < 1.29 is 9.90 Å². The Labute approximate surface area is 99.5 Å². The van der Waals surface area contributed by atoms with E-state index in [0.29, 0.717) is 13.1 Å². The van der Waals surface area contributed by atoms with Crippen molar-refractivity contribution in [2.24, 2.45) is 5.92 Å². The molecule has 1 saturated heterocycles. The topological polar surface area (TPSA) is 66.3 Å². The molecule has 1 fully saturated rings. The maximum Gasteiger partial charge on any atom is 0.310 e. The lowest BCUT2D eigenvalue weighted by Crippen LogP contribution is -2.51. The minimum atomic E-state index is -0.704. The number of fused-ring (bicyclic) bond motifs is 1. The van der Waals surface area contributed by atoms with Gasteiger partial charge in [0, 0.05) is 24.3 Å². The van der Waals surface area contributed by atoms with Gasteiger partial charge in [-0.2, -0.15) is 0 Å². The zero-order chi connectivity index (χ0) is 11.8. The first-order valence-corrected chi connectivity index (χ1v) is 6.06. The predicted molar refractivity (Wildman–Crippen MR) is 62.0 cm³/mol. The van der Waals surface area contributed by atoms with Crippen molar-refractivity contribution >= 4 is 11.8 Å². The van der Waals surface area contributed by atoms with Crippen molar-refractivity contribution in [1.82, 2.24) is 9.97 Å².